The van der Waals surface area contributed by atoms with E-state index in [2.05, 4.69) is 10.6 Å². The van der Waals surface area contributed by atoms with Crippen LogP contribution in [-0.4, -0.2) is 31.1 Å². The van der Waals surface area contributed by atoms with E-state index in [-0.39, 0.29) is 6.42 Å². The van der Waals surface area contributed by atoms with Crippen LogP contribution < -0.4 is 10.6 Å². The van der Waals surface area contributed by atoms with Gasteiger partial charge in [-0.1, -0.05) is 19.9 Å². The van der Waals surface area contributed by atoms with Gasteiger partial charge in [0.25, 0.3) is 5.91 Å². The predicted octanol–water partition coefficient (Wildman–Crippen LogP) is 1.32. The standard InChI is InChI=1S/C13H18N2O4S/c1-9(2)7-14-13(18)15-11(16)8-19-12(17)6-10-4-3-5-20-10/h3-5,9H,6-8H2,1-2H3,(H2,14,15,16,18). The van der Waals surface area contributed by atoms with Gasteiger partial charge >= 0.3 is 12.0 Å². The first-order valence-electron chi connectivity index (χ1n) is 6.23. The van der Waals surface area contributed by atoms with Crippen molar-refractivity contribution in [2.75, 3.05) is 13.2 Å². The van der Waals surface area contributed by atoms with Gasteiger partial charge in [0, 0.05) is 11.4 Å². The molecule has 0 atom stereocenters. The van der Waals surface area contributed by atoms with Crippen LogP contribution >= 0.6 is 11.3 Å². The van der Waals surface area contributed by atoms with Crippen LogP contribution in [0.2, 0.25) is 0 Å². The van der Waals surface area contributed by atoms with Gasteiger partial charge in [-0.05, 0) is 17.4 Å². The number of amides is 3. The molecule has 1 aromatic heterocycles. The number of thiophene rings is 1. The summed E-state index contributed by atoms with van der Waals surface area (Å²) in [6, 6.07) is 3.06. The molecule has 1 aromatic rings. The molecule has 3 amide bonds. The van der Waals surface area contributed by atoms with Crippen LogP contribution in [0.4, 0.5) is 4.79 Å². The third kappa shape index (κ3) is 6.89. The van der Waals surface area contributed by atoms with Gasteiger partial charge in [0.15, 0.2) is 6.61 Å². The number of nitrogens with one attached hydrogen (secondary N) is 2. The highest BCUT2D eigenvalue weighted by atomic mass is 32.1. The van der Waals surface area contributed by atoms with Gasteiger partial charge in [0.1, 0.15) is 0 Å². The van der Waals surface area contributed by atoms with Crippen molar-refractivity contribution in [3.05, 3.63) is 22.4 Å². The highest BCUT2D eigenvalue weighted by Crippen LogP contribution is 2.09. The average Bonchev–Trinajstić information content (AvgIpc) is 2.86. The maximum Gasteiger partial charge on any atom is 0.321 e. The molecule has 1 heterocycles. The summed E-state index contributed by atoms with van der Waals surface area (Å²) < 4.78 is 4.78. The first-order valence-corrected chi connectivity index (χ1v) is 7.11. The van der Waals surface area contributed by atoms with Crippen LogP contribution in [0, 0.1) is 5.92 Å². The number of carbonyl (C=O) groups is 3. The van der Waals surface area contributed by atoms with Crippen LogP contribution in [0.1, 0.15) is 18.7 Å². The first kappa shape index (κ1) is 16.2. The normalized spacial score (nSPS) is 10.2. The van der Waals surface area contributed by atoms with Crippen molar-refractivity contribution in [3.63, 3.8) is 0 Å². The number of imide groups is 1. The van der Waals surface area contributed by atoms with Crippen LogP contribution in [-0.2, 0) is 20.7 Å². The Morgan fingerprint density at radius 1 is 1.35 bits per heavy atom. The number of urea groups is 1. The minimum Gasteiger partial charge on any atom is -0.455 e. The monoisotopic (exact) mass is 298 g/mol. The van der Waals surface area contributed by atoms with E-state index in [9.17, 15) is 14.4 Å². The summed E-state index contributed by atoms with van der Waals surface area (Å²) in [7, 11) is 0. The van der Waals surface area contributed by atoms with Gasteiger partial charge in [-0.25, -0.2) is 4.79 Å². The van der Waals surface area contributed by atoms with Crippen molar-refractivity contribution < 1.29 is 19.1 Å². The fourth-order valence-electron chi connectivity index (χ4n) is 1.26. The largest absolute Gasteiger partial charge is 0.455 e. The summed E-state index contributed by atoms with van der Waals surface area (Å²) in [5, 5.41) is 6.47. The molecule has 0 saturated heterocycles. The van der Waals surface area contributed by atoms with Crippen molar-refractivity contribution in [2.45, 2.75) is 20.3 Å². The zero-order valence-corrected chi connectivity index (χ0v) is 12.3. The summed E-state index contributed by atoms with van der Waals surface area (Å²) in [5.74, 6) is -0.851. The second-order valence-corrected chi connectivity index (χ2v) is 5.60. The van der Waals surface area contributed by atoms with E-state index < -0.39 is 24.5 Å². The number of carbonyl (C=O) groups excluding carboxylic acids is 3. The maximum atomic E-state index is 11.4. The molecule has 0 aliphatic rings. The number of hydrogen-bond acceptors (Lipinski definition) is 5. The zero-order chi connectivity index (χ0) is 15.0. The Morgan fingerprint density at radius 2 is 2.10 bits per heavy atom. The minimum atomic E-state index is -0.647. The maximum absolute atomic E-state index is 11.4. The van der Waals surface area contributed by atoms with Crippen LogP contribution in [0.15, 0.2) is 17.5 Å². The molecule has 0 aromatic carbocycles. The third-order valence-electron chi connectivity index (χ3n) is 2.19. The second kappa shape index (κ2) is 8.31. The number of rotatable bonds is 6. The van der Waals surface area contributed by atoms with Gasteiger partial charge in [-0.3, -0.25) is 14.9 Å². The van der Waals surface area contributed by atoms with E-state index in [1.54, 1.807) is 0 Å². The Hall–Kier alpha value is -1.89. The molecule has 7 heteroatoms. The molecule has 0 unspecified atom stereocenters. The van der Waals surface area contributed by atoms with E-state index in [0.29, 0.717) is 12.5 Å². The van der Waals surface area contributed by atoms with E-state index >= 15 is 0 Å². The molecule has 2 N–H and O–H groups in total. The number of ether oxygens (including phenoxy) is 1. The molecule has 0 aliphatic heterocycles. The Balaban J connectivity index is 2.19. The molecule has 0 radical (unpaired) electrons. The fraction of sp³-hybridized carbons (Fsp3) is 0.462. The highest BCUT2D eigenvalue weighted by molar-refractivity contribution is 7.10. The Morgan fingerprint density at radius 3 is 2.70 bits per heavy atom. The van der Waals surface area contributed by atoms with Crippen molar-refractivity contribution >= 4 is 29.2 Å². The smallest absolute Gasteiger partial charge is 0.321 e. The van der Waals surface area contributed by atoms with Crippen LogP contribution in [0.25, 0.3) is 0 Å². The van der Waals surface area contributed by atoms with Crippen LogP contribution in [0.5, 0.6) is 0 Å². The average molecular weight is 298 g/mol. The second-order valence-electron chi connectivity index (χ2n) is 4.57. The Labute approximate surface area is 121 Å². The van der Waals surface area contributed by atoms with E-state index in [1.807, 2.05) is 31.4 Å². The van der Waals surface area contributed by atoms with Crippen molar-refractivity contribution in [3.8, 4) is 0 Å². The molecule has 0 fully saturated rings. The molecule has 0 aliphatic carbocycles. The van der Waals surface area contributed by atoms with Crippen LogP contribution in [0.3, 0.4) is 0 Å². The zero-order valence-electron chi connectivity index (χ0n) is 11.5. The molecule has 0 saturated carbocycles. The molecular formula is C13H18N2O4S. The minimum absolute atomic E-state index is 0.129. The molecule has 0 spiro atoms. The summed E-state index contributed by atoms with van der Waals surface area (Å²) >= 11 is 1.44. The topological polar surface area (TPSA) is 84.5 Å². The lowest BCUT2D eigenvalue weighted by molar-refractivity contribution is -0.147. The quantitative estimate of drug-likeness (QED) is 0.776. The van der Waals surface area contributed by atoms with Crippen molar-refractivity contribution in [1.29, 1.82) is 0 Å². The van der Waals surface area contributed by atoms with E-state index in [4.69, 9.17) is 4.74 Å². The van der Waals surface area contributed by atoms with Crippen molar-refractivity contribution in [1.82, 2.24) is 10.6 Å². The summed E-state index contributed by atoms with van der Waals surface area (Å²) in [4.78, 5) is 34.9. The number of hydrogen-bond donors (Lipinski definition) is 2. The molecule has 0 bridgehead atoms. The third-order valence-corrected chi connectivity index (χ3v) is 3.06. The van der Waals surface area contributed by atoms with E-state index in [0.717, 1.165) is 4.88 Å². The van der Waals surface area contributed by atoms with Gasteiger partial charge in [-0.15, -0.1) is 11.3 Å². The molecular weight excluding hydrogens is 280 g/mol. The number of esters is 1. The van der Waals surface area contributed by atoms with Gasteiger partial charge in [0.05, 0.1) is 6.42 Å². The summed E-state index contributed by atoms with van der Waals surface area (Å²) in [6.07, 6.45) is 0.129. The Kier molecular flexibility index (Phi) is 6.72. The van der Waals surface area contributed by atoms with E-state index in [1.165, 1.54) is 11.3 Å². The predicted molar refractivity (Wildman–Crippen MR) is 75.4 cm³/mol. The summed E-state index contributed by atoms with van der Waals surface area (Å²) in [5.41, 5.74) is 0. The lowest BCUT2D eigenvalue weighted by Crippen LogP contribution is -2.42. The van der Waals surface area contributed by atoms with Gasteiger partial charge in [-0.2, -0.15) is 0 Å². The Bertz CT molecular complexity index is 457. The van der Waals surface area contributed by atoms with Crippen molar-refractivity contribution in [2.24, 2.45) is 5.92 Å². The lowest BCUT2D eigenvalue weighted by Gasteiger charge is -2.08. The SMILES string of the molecule is CC(C)CNC(=O)NC(=O)COC(=O)Cc1cccs1. The van der Waals surface area contributed by atoms with Gasteiger partial charge in [0.2, 0.25) is 0 Å². The molecule has 110 valence electrons. The van der Waals surface area contributed by atoms with Gasteiger partial charge < -0.3 is 10.1 Å². The highest BCUT2D eigenvalue weighted by Gasteiger charge is 2.11. The molecule has 6 nitrogen and oxygen atoms in total. The molecule has 20 heavy (non-hydrogen) atoms. The lowest BCUT2D eigenvalue weighted by atomic mass is 10.2. The summed E-state index contributed by atoms with van der Waals surface area (Å²) in [6.45, 7) is 3.89. The molecule has 1 rings (SSSR count). The first-order chi connectivity index (χ1) is 9.47. The fourth-order valence-corrected chi connectivity index (χ4v) is 1.95.